The largest absolute Gasteiger partial charge is 0.481 e. The van der Waals surface area contributed by atoms with Gasteiger partial charge >= 0.3 is 11.9 Å². The van der Waals surface area contributed by atoms with E-state index >= 15 is 0 Å². The SMILES string of the molecule is CC(C)CC(N)C(=O)NC(C(=O)NC(CC(C)C)C(=O)NC(CCC(=O)O)C(=O)O)C(C)C. The number of aliphatic carboxylic acids is 2. The van der Waals surface area contributed by atoms with E-state index in [1.165, 1.54) is 0 Å². The van der Waals surface area contributed by atoms with Gasteiger partial charge in [0.2, 0.25) is 17.7 Å². The molecule has 0 aliphatic carbocycles. The molecule has 0 aromatic rings. The number of hydrogen-bond donors (Lipinski definition) is 6. The van der Waals surface area contributed by atoms with Crippen molar-refractivity contribution < 1.29 is 34.2 Å². The zero-order valence-electron chi connectivity index (χ0n) is 20.4. The predicted octanol–water partition coefficient (Wildman–Crippen LogP) is 0.466. The van der Waals surface area contributed by atoms with Crippen LogP contribution in [0.4, 0.5) is 0 Å². The highest BCUT2D eigenvalue weighted by Gasteiger charge is 2.32. The van der Waals surface area contributed by atoms with Crippen LogP contribution in [0.2, 0.25) is 0 Å². The summed E-state index contributed by atoms with van der Waals surface area (Å²) in [7, 11) is 0. The van der Waals surface area contributed by atoms with Gasteiger partial charge in [-0.1, -0.05) is 41.5 Å². The van der Waals surface area contributed by atoms with Gasteiger partial charge in [-0.05, 0) is 37.0 Å². The van der Waals surface area contributed by atoms with E-state index in [0.717, 1.165) is 0 Å². The molecular formula is C22H40N4O7. The highest BCUT2D eigenvalue weighted by Crippen LogP contribution is 2.10. The lowest BCUT2D eigenvalue weighted by molar-refractivity contribution is -0.143. The van der Waals surface area contributed by atoms with Crippen LogP contribution >= 0.6 is 0 Å². The Labute approximate surface area is 195 Å². The molecule has 0 bridgehead atoms. The van der Waals surface area contributed by atoms with Crippen LogP contribution < -0.4 is 21.7 Å². The van der Waals surface area contributed by atoms with Gasteiger partial charge in [0.05, 0.1) is 6.04 Å². The number of carboxylic acids is 2. The number of carbonyl (C=O) groups is 5. The van der Waals surface area contributed by atoms with Crippen molar-refractivity contribution in [2.45, 2.75) is 91.4 Å². The molecule has 0 fully saturated rings. The second kappa shape index (κ2) is 14.5. The predicted molar refractivity (Wildman–Crippen MR) is 122 cm³/mol. The molecule has 3 amide bonds. The number of nitrogens with one attached hydrogen (secondary N) is 3. The summed E-state index contributed by atoms with van der Waals surface area (Å²) in [4.78, 5) is 60.3. The van der Waals surface area contributed by atoms with Crippen LogP contribution in [0.5, 0.6) is 0 Å². The van der Waals surface area contributed by atoms with Crippen molar-refractivity contribution in [2.75, 3.05) is 0 Å². The molecule has 0 saturated carbocycles. The Morgan fingerprint density at radius 2 is 1.24 bits per heavy atom. The normalized spacial score (nSPS) is 15.0. The molecule has 0 rings (SSSR count). The van der Waals surface area contributed by atoms with E-state index in [1.54, 1.807) is 13.8 Å². The zero-order chi connectivity index (χ0) is 25.9. The van der Waals surface area contributed by atoms with Crippen molar-refractivity contribution in [3.8, 4) is 0 Å². The molecular weight excluding hydrogens is 432 g/mol. The summed E-state index contributed by atoms with van der Waals surface area (Å²) >= 11 is 0. The second-order valence-corrected chi connectivity index (χ2v) is 9.49. The number of rotatable bonds is 15. The van der Waals surface area contributed by atoms with Crippen molar-refractivity contribution in [3.05, 3.63) is 0 Å². The van der Waals surface area contributed by atoms with E-state index < -0.39 is 60.2 Å². The maximum absolute atomic E-state index is 13.0. The van der Waals surface area contributed by atoms with Crippen LogP contribution in [-0.4, -0.2) is 64.0 Å². The fourth-order valence-corrected chi connectivity index (χ4v) is 3.17. The minimum absolute atomic E-state index is 0.0186. The van der Waals surface area contributed by atoms with Gasteiger partial charge in [-0.3, -0.25) is 19.2 Å². The maximum atomic E-state index is 13.0. The molecule has 0 aliphatic rings. The summed E-state index contributed by atoms with van der Waals surface area (Å²) in [6.07, 6.45) is -0.0637. The van der Waals surface area contributed by atoms with Crippen LogP contribution in [-0.2, 0) is 24.0 Å². The van der Waals surface area contributed by atoms with E-state index in [9.17, 15) is 29.1 Å². The maximum Gasteiger partial charge on any atom is 0.326 e. The van der Waals surface area contributed by atoms with Gasteiger partial charge in [-0.25, -0.2) is 4.79 Å². The summed E-state index contributed by atoms with van der Waals surface area (Å²) in [5.41, 5.74) is 5.91. The molecule has 11 nitrogen and oxygen atoms in total. The quantitative estimate of drug-likeness (QED) is 0.198. The smallest absolute Gasteiger partial charge is 0.326 e. The van der Waals surface area contributed by atoms with Gasteiger partial charge in [0, 0.05) is 6.42 Å². The van der Waals surface area contributed by atoms with E-state index in [-0.39, 0.29) is 30.6 Å². The fourth-order valence-electron chi connectivity index (χ4n) is 3.17. The third-order valence-electron chi connectivity index (χ3n) is 4.91. The van der Waals surface area contributed by atoms with Crippen molar-refractivity contribution >= 4 is 29.7 Å². The molecule has 7 N–H and O–H groups in total. The minimum Gasteiger partial charge on any atom is -0.481 e. The fraction of sp³-hybridized carbons (Fsp3) is 0.773. The number of amides is 3. The number of hydrogen-bond acceptors (Lipinski definition) is 6. The Morgan fingerprint density at radius 1 is 0.727 bits per heavy atom. The summed E-state index contributed by atoms with van der Waals surface area (Å²) in [6.45, 7) is 11.0. The zero-order valence-corrected chi connectivity index (χ0v) is 20.4. The first kappa shape index (κ1) is 30.3. The van der Waals surface area contributed by atoms with Gasteiger partial charge in [0.25, 0.3) is 0 Å². The molecule has 0 aromatic carbocycles. The molecule has 0 heterocycles. The van der Waals surface area contributed by atoms with Crippen molar-refractivity contribution in [1.82, 2.24) is 16.0 Å². The van der Waals surface area contributed by atoms with E-state index in [2.05, 4.69) is 16.0 Å². The molecule has 0 aliphatic heterocycles. The van der Waals surface area contributed by atoms with E-state index in [0.29, 0.717) is 6.42 Å². The molecule has 0 spiro atoms. The lowest BCUT2D eigenvalue weighted by Gasteiger charge is -2.27. The third-order valence-corrected chi connectivity index (χ3v) is 4.91. The Morgan fingerprint density at radius 3 is 1.67 bits per heavy atom. The first-order valence-corrected chi connectivity index (χ1v) is 11.3. The lowest BCUT2D eigenvalue weighted by atomic mass is 9.98. The molecule has 33 heavy (non-hydrogen) atoms. The third kappa shape index (κ3) is 12.2. The van der Waals surface area contributed by atoms with Crippen LogP contribution in [0.1, 0.15) is 67.2 Å². The van der Waals surface area contributed by atoms with Gasteiger partial charge in [-0.2, -0.15) is 0 Å². The second-order valence-electron chi connectivity index (χ2n) is 9.49. The Balaban J connectivity index is 5.43. The molecule has 0 radical (unpaired) electrons. The molecule has 4 unspecified atom stereocenters. The van der Waals surface area contributed by atoms with Gasteiger partial charge in [0.1, 0.15) is 18.1 Å². The molecule has 0 aromatic heterocycles. The molecule has 0 saturated heterocycles. The van der Waals surface area contributed by atoms with Gasteiger partial charge < -0.3 is 31.9 Å². The average Bonchev–Trinajstić information content (AvgIpc) is 2.66. The summed E-state index contributed by atoms with van der Waals surface area (Å²) in [5.74, 6) is -4.48. The van der Waals surface area contributed by atoms with Crippen LogP contribution in [0.25, 0.3) is 0 Å². The number of carbonyl (C=O) groups excluding carboxylic acids is 3. The molecule has 190 valence electrons. The Kier molecular flexibility index (Phi) is 13.3. The minimum atomic E-state index is -1.41. The standard InChI is InChI=1S/C22H40N4O7/c1-11(2)9-14(23)19(29)26-18(13(5)6)21(31)25-16(10-12(3)4)20(30)24-15(22(32)33)7-8-17(27)28/h11-16,18H,7-10,23H2,1-6H3,(H,24,30)(H,25,31)(H,26,29)(H,27,28)(H,32,33). The topological polar surface area (TPSA) is 188 Å². The van der Waals surface area contributed by atoms with Crippen molar-refractivity contribution in [1.29, 1.82) is 0 Å². The van der Waals surface area contributed by atoms with E-state index in [1.807, 2.05) is 27.7 Å². The molecule has 4 atom stereocenters. The van der Waals surface area contributed by atoms with Crippen LogP contribution in [0.3, 0.4) is 0 Å². The van der Waals surface area contributed by atoms with Crippen LogP contribution in [0.15, 0.2) is 0 Å². The molecule has 11 heteroatoms. The summed E-state index contributed by atoms with van der Waals surface area (Å²) in [6, 6.07) is -4.19. The van der Waals surface area contributed by atoms with Gasteiger partial charge in [-0.15, -0.1) is 0 Å². The highest BCUT2D eigenvalue weighted by molar-refractivity contribution is 5.94. The van der Waals surface area contributed by atoms with E-state index in [4.69, 9.17) is 10.8 Å². The van der Waals surface area contributed by atoms with Gasteiger partial charge in [0.15, 0.2) is 0 Å². The number of nitrogens with two attached hydrogens (primary N) is 1. The van der Waals surface area contributed by atoms with Crippen molar-refractivity contribution in [3.63, 3.8) is 0 Å². The summed E-state index contributed by atoms with van der Waals surface area (Å²) in [5, 5.41) is 25.7. The number of carboxylic acid groups (broad SMARTS) is 2. The average molecular weight is 473 g/mol. The summed E-state index contributed by atoms with van der Waals surface area (Å²) < 4.78 is 0. The highest BCUT2D eigenvalue weighted by atomic mass is 16.4. The Hall–Kier alpha value is -2.69. The lowest BCUT2D eigenvalue weighted by Crippen LogP contribution is -2.58. The Bertz CT molecular complexity index is 694. The monoisotopic (exact) mass is 472 g/mol. The van der Waals surface area contributed by atoms with Crippen molar-refractivity contribution in [2.24, 2.45) is 23.5 Å². The first-order valence-electron chi connectivity index (χ1n) is 11.3. The van der Waals surface area contributed by atoms with Crippen LogP contribution in [0, 0.1) is 17.8 Å². The first-order chi connectivity index (χ1) is 15.1.